The molecule has 224 valence electrons. The Labute approximate surface area is 256 Å². The van der Waals surface area contributed by atoms with Crippen LogP contribution >= 0.6 is 11.6 Å². The Morgan fingerprint density at radius 1 is 0.953 bits per heavy atom. The van der Waals surface area contributed by atoms with Gasteiger partial charge in [-0.3, -0.25) is 4.79 Å². The van der Waals surface area contributed by atoms with Crippen LogP contribution in [0.25, 0.3) is 5.65 Å². The summed E-state index contributed by atoms with van der Waals surface area (Å²) >= 11 is 6.05. The summed E-state index contributed by atoms with van der Waals surface area (Å²) in [5.74, 6) is 0.597. The molecule has 3 N–H and O–H groups in total. The highest BCUT2D eigenvalue weighted by molar-refractivity contribution is 6.30. The standard InChI is InChI=1S/C33H38ClN7O2/c34-26-9-7-25(8-10-26)33(43)15-20-39(21-16-33)28-4-1-19-41-29(28)37-31(38-41)36-27-11-5-24(6-12-27)30(42)40-18-3-14-32(23-40)13-2-17-35-22-32/h1,4-12,19,35,43H,2-3,13-18,20-23H2,(H,36,38). The molecular weight excluding hydrogens is 562 g/mol. The molecule has 0 radical (unpaired) electrons. The van der Waals surface area contributed by atoms with E-state index in [1.54, 1.807) is 4.52 Å². The summed E-state index contributed by atoms with van der Waals surface area (Å²) in [6, 6.07) is 19.1. The van der Waals surface area contributed by atoms with Gasteiger partial charge >= 0.3 is 0 Å². The van der Waals surface area contributed by atoms with Crippen molar-refractivity contribution in [3.05, 3.63) is 83.0 Å². The molecule has 3 aliphatic heterocycles. The largest absolute Gasteiger partial charge is 0.385 e. The fourth-order valence-electron chi connectivity index (χ4n) is 7.13. The number of halogens is 1. The maximum atomic E-state index is 13.4. The maximum Gasteiger partial charge on any atom is 0.253 e. The number of hydrogen-bond acceptors (Lipinski definition) is 7. The number of aliphatic hydroxyl groups is 1. The van der Waals surface area contributed by atoms with Crippen LogP contribution < -0.4 is 15.5 Å². The number of aromatic nitrogens is 3. The van der Waals surface area contributed by atoms with Gasteiger partial charge in [-0.2, -0.15) is 4.98 Å². The Balaban J connectivity index is 1.02. The van der Waals surface area contributed by atoms with E-state index < -0.39 is 5.60 Å². The molecule has 1 spiro atoms. The average Bonchev–Trinajstić information content (AvgIpc) is 3.45. The molecule has 10 heteroatoms. The van der Waals surface area contributed by atoms with Gasteiger partial charge in [0.2, 0.25) is 5.95 Å². The van der Waals surface area contributed by atoms with Crippen LogP contribution in [0.15, 0.2) is 66.9 Å². The minimum Gasteiger partial charge on any atom is -0.385 e. The van der Waals surface area contributed by atoms with Gasteiger partial charge in [-0.05, 0) is 99.2 Å². The van der Waals surface area contributed by atoms with Gasteiger partial charge in [0.05, 0.1) is 11.3 Å². The first-order chi connectivity index (χ1) is 20.9. The highest BCUT2D eigenvalue weighted by Gasteiger charge is 2.38. The molecule has 3 aliphatic rings. The summed E-state index contributed by atoms with van der Waals surface area (Å²) in [6.07, 6.45) is 7.75. The first-order valence-corrected chi connectivity index (χ1v) is 15.7. The molecule has 0 saturated carbocycles. The number of amides is 1. The number of rotatable bonds is 5. The fraction of sp³-hybridized carbons (Fsp3) is 0.424. The van der Waals surface area contributed by atoms with E-state index in [1.165, 1.54) is 19.3 Å². The zero-order valence-electron chi connectivity index (χ0n) is 24.3. The molecule has 2 aromatic heterocycles. The van der Waals surface area contributed by atoms with E-state index in [0.717, 1.165) is 55.2 Å². The summed E-state index contributed by atoms with van der Waals surface area (Å²) in [5.41, 5.74) is 3.53. The predicted molar refractivity (Wildman–Crippen MR) is 169 cm³/mol. The van der Waals surface area contributed by atoms with Gasteiger partial charge in [-0.1, -0.05) is 23.7 Å². The van der Waals surface area contributed by atoms with E-state index >= 15 is 0 Å². The van der Waals surface area contributed by atoms with Crippen LogP contribution in [-0.4, -0.2) is 69.8 Å². The Bertz CT molecular complexity index is 1580. The lowest BCUT2D eigenvalue weighted by Gasteiger charge is -2.45. The van der Waals surface area contributed by atoms with Crippen LogP contribution in [0.3, 0.4) is 0 Å². The second-order valence-corrected chi connectivity index (χ2v) is 12.9. The number of piperidine rings is 3. The molecule has 0 bridgehead atoms. The minimum atomic E-state index is -0.872. The molecule has 3 fully saturated rings. The van der Waals surface area contributed by atoms with E-state index in [2.05, 4.69) is 26.7 Å². The number of pyridine rings is 1. The smallest absolute Gasteiger partial charge is 0.253 e. The molecule has 0 aliphatic carbocycles. The highest BCUT2D eigenvalue weighted by Crippen LogP contribution is 2.37. The van der Waals surface area contributed by atoms with Crippen molar-refractivity contribution in [3.63, 3.8) is 0 Å². The van der Waals surface area contributed by atoms with Crippen molar-refractivity contribution in [2.45, 2.75) is 44.1 Å². The van der Waals surface area contributed by atoms with Crippen molar-refractivity contribution in [3.8, 4) is 0 Å². The second-order valence-electron chi connectivity index (χ2n) is 12.4. The zero-order valence-corrected chi connectivity index (χ0v) is 25.1. The van der Waals surface area contributed by atoms with E-state index in [-0.39, 0.29) is 11.3 Å². The molecule has 7 rings (SSSR count). The number of nitrogens with zero attached hydrogens (tertiary/aromatic N) is 5. The molecule has 5 heterocycles. The minimum absolute atomic E-state index is 0.108. The lowest BCUT2D eigenvalue weighted by atomic mass is 9.74. The van der Waals surface area contributed by atoms with Crippen molar-refractivity contribution in [1.29, 1.82) is 0 Å². The summed E-state index contributed by atoms with van der Waals surface area (Å²) in [4.78, 5) is 22.5. The number of carbonyl (C=O) groups is 1. The Morgan fingerprint density at radius 3 is 2.47 bits per heavy atom. The van der Waals surface area contributed by atoms with Gasteiger partial charge in [-0.25, -0.2) is 4.52 Å². The molecule has 3 saturated heterocycles. The topological polar surface area (TPSA) is 98.0 Å². The van der Waals surface area contributed by atoms with Crippen LogP contribution in [0.1, 0.15) is 54.4 Å². The number of nitrogens with one attached hydrogen (secondary N) is 2. The monoisotopic (exact) mass is 599 g/mol. The fourth-order valence-corrected chi connectivity index (χ4v) is 7.25. The summed E-state index contributed by atoms with van der Waals surface area (Å²) in [6.45, 7) is 5.14. The highest BCUT2D eigenvalue weighted by atomic mass is 35.5. The lowest BCUT2D eigenvalue weighted by Crippen LogP contribution is -2.52. The Morgan fingerprint density at radius 2 is 1.72 bits per heavy atom. The Hall–Kier alpha value is -3.66. The lowest BCUT2D eigenvalue weighted by molar-refractivity contribution is 0.0118. The number of carbonyl (C=O) groups excluding carboxylic acids is 1. The molecule has 43 heavy (non-hydrogen) atoms. The second kappa shape index (κ2) is 11.4. The van der Waals surface area contributed by atoms with Gasteiger partial charge < -0.3 is 25.5 Å². The normalized spacial score (nSPS) is 22.2. The molecule has 1 atom stereocenters. The molecule has 2 aromatic carbocycles. The van der Waals surface area contributed by atoms with Gasteiger partial charge in [0.15, 0.2) is 5.65 Å². The average molecular weight is 600 g/mol. The van der Waals surface area contributed by atoms with E-state index in [0.29, 0.717) is 42.5 Å². The number of benzene rings is 2. The Kier molecular flexibility index (Phi) is 7.49. The van der Waals surface area contributed by atoms with Gasteiger partial charge in [0.25, 0.3) is 5.91 Å². The third kappa shape index (κ3) is 5.69. The van der Waals surface area contributed by atoms with Gasteiger partial charge in [0.1, 0.15) is 0 Å². The first kappa shape index (κ1) is 28.1. The van der Waals surface area contributed by atoms with Crippen LogP contribution in [0.5, 0.6) is 0 Å². The van der Waals surface area contributed by atoms with Crippen LogP contribution in [-0.2, 0) is 5.60 Å². The summed E-state index contributed by atoms with van der Waals surface area (Å²) in [5, 5.41) is 23.5. The predicted octanol–water partition coefficient (Wildman–Crippen LogP) is 5.22. The van der Waals surface area contributed by atoms with Crippen molar-refractivity contribution >= 4 is 40.5 Å². The van der Waals surface area contributed by atoms with E-state index in [9.17, 15) is 9.90 Å². The van der Waals surface area contributed by atoms with Gasteiger partial charge in [-0.15, -0.1) is 5.10 Å². The van der Waals surface area contributed by atoms with Gasteiger partial charge in [0, 0.05) is 60.6 Å². The molecule has 1 amide bonds. The van der Waals surface area contributed by atoms with Crippen molar-refractivity contribution in [2.24, 2.45) is 5.41 Å². The summed E-state index contributed by atoms with van der Waals surface area (Å²) < 4.78 is 1.78. The van der Waals surface area contributed by atoms with E-state index in [1.807, 2.05) is 65.7 Å². The molecule has 9 nitrogen and oxygen atoms in total. The van der Waals surface area contributed by atoms with Crippen LogP contribution in [0.2, 0.25) is 5.02 Å². The molecule has 4 aromatic rings. The first-order valence-electron chi connectivity index (χ1n) is 15.4. The number of fused-ring (bicyclic) bond motifs is 1. The maximum absolute atomic E-state index is 13.4. The third-order valence-corrected chi connectivity index (χ3v) is 9.80. The molecular formula is C33H38ClN7O2. The summed E-state index contributed by atoms with van der Waals surface area (Å²) in [7, 11) is 0. The molecule has 1 unspecified atom stereocenters. The number of hydrogen-bond donors (Lipinski definition) is 3. The number of likely N-dealkylation sites (tertiary alicyclic amines) is 1. The van der Waals surface area contributed by atoms with Crippen LogP contribution in [0.4, 0.5) is 17.3 Å². The van der Waals surface area contributed by atoms with Crippen molar-refractivity contribution in [1.82, 2.24) is 24.8 Å². The third-order valence-electron chi connectivity index (χ3n) is 9.55. The van der Waals surface area contributed by atoms with E-state index in [4.69, 9.17) is 16.6 Å². The SMILES string of the molecule is O=C(c1ccc(Nc2nc3c(N4CCC(O)(c5ccc(Cl)cc5)CC4)cccn3n2)cc1)N1CCCC2(CCCNC2)C1. The zero-order chi connectivity index (χ0) is 29.4. The van der Waals surface area contributed by atoms with Crippen molar-refractivity contribution < 1.29 is 9.90 Å². The van der Waals surface area contributed by atoms with Crippen LogP contribution in [0, 0.1) is 5.41 Å². The van der Waals surface area contributed by atoms with Crippen molar-refractivity contribution in [2.75, 3.05) is 49.5 Å². The number of anilines is 3. The quantitative estimate of drug-likeness (QED) is 0.289.